The van der Waals surface area contributed by atoms with E-state index < -0.39 is 11.9 Å². The van der Waals surface area contributed by atoms with Crippen molar-refractivity contribution in [3.8, 4) is 11.5 Å². The molecule has 0 aliphatic rings. The Kier molecular flexibility index (Phi) is 7.64. The number of hydrogen-bond donors (Lipinski definition) is 0. The van der Waals surface area contributed by atoms with Crippen molar-refractivity contribution in [2.24, 2.45) is 0 Å². The summed E-state index contributed by atoms with van der Waals surface area (Å²) in [6.07, 6.45) is 0.301. The van der Waals surface area contributed by atoms with Crippen LogP contribution in [0.2, 0.25) is 0 Å². The van der Waals surface area contributed by atoms with E-state index in [0.717, 1.165) is 17.5 Å². The first kappa shape index (κ1) is 23.0. The van der Waals surface area contributed by atoms with Gasteiger partial charge in [0.1, 0.15) is 35.9 Å². The summed E-state index contributed by atoms with van der Waals surface area (Å²) in [6.45, 7) is 6.85. The summed E-state index contributed by atoms with van der Waals surface area (Å²) in [6, 6.07) is 14.4. The largest absolute Gasteiger partial charge is 0.426 e. The van der Waals surface area contributed by atoms with Gasteiger partial charge in [-0.25, -0.2) is 0 Å². The number of esters is 2. The van der Waals surface area contributed by atoms with Gasteiger partial charge in [0.15, 0.2) is 0 Å². The van der Waals surface area contributed by atoms with Gasteiger partial charge in [-0.2, -0.15) is 0 Å². The maximum Gasteiger partial charge on any atom is 0.318 e. The van der Waals surface area contributed by atoms with E-state index in [9.17, 15) is 19.2 Å². The molecular weight excluding hydrogens is 384 g/mol. The molecule has 0 radical (unpaired) electrons. The molecule has 0 fully saturated rings. The first-order valence-electron chi connectivity index (χ1n) is 9.75. The van der Waals surface area contributed by atoms with Crippen molar-refractivity contribution in [1.29, 1.82) is 0 Å². The van der Waals surface area contributed by atoms with Gasteiger partial charge in [-0.05, 0) is 55.7 Å². The third kappa shape index (κ3) is 6.11. The van der Waals surface area contributed by atoms with Crippen LogP contribution in [-0.2, 0) is 24.6 Å². The molecule has 0 heterocycles. The van der Waals surface area contributed by atoms with Crippen LogP contribution in [0.4, 0.5) is 0 Å². The highest BCUT2D eigenvalue weighted by Crippen LogP contribution is 2.36. The SMILES string of the molecule is CCC(C)(c1ccc(OC(=O)CC(C)=O)cc1)c1ccc(OC(=O)CC(C)=O)cc1. The molecular formula is C24H26O6. The van der Waals surface area contributed by atoms with Crippen molar-refractivity contribution < 1.29 is 28.7 Å². The van der Waals surface area contributed by atoms with Gasteiger partial charge in [0.25, 0.3) is 0 Å². The molecule has 0 spiro atoms. The molecule has 2 aromatic rings. The van der Waals surface area contributed by atoms with Crippen LogP contribution in [0.1, 0.15) is 58.1 Å². The van der Waals surface area contributed by atoms with Gasteiger partial charge in [0.05, 0.1) is 0 Å². The highest BCUT2D eigenvalue weighted by Gasteiger charge is 2.27. The highest BCUT2D eigenvalue weighted by molar-refractivity contribution is 5.95. The summed E-state index contributed by atoms with van der Waals surface area (Å²) >= 11 is 0. The zero-order valence-electron chi connectivity index (χ0n) is 17.7. The zero-order chi connectivity index (χ0) is 22.3. The normalized spacial score (nSPS) is 10.9. The van der Waals surface area contributed by atoms with Gasteiger partial charge in [0.2, 0.25) is 0 Å². The standard InChI is InChI=1S/C24H26O6/c1-5-24(4,18-6-10-20(11-7-18)29-22(27)14-16(2)25)19-8-12-21(13-9-19)30-23(28)15-17(3)26/h6-13H,5,14-15H2,1-4H3. The van der Waals surface area contributed by atoms with Crippen LogP contribution in [-0.4, -0.2) is 23.5 Å². The zero-order valence-corrected chi connectivity index (χ0v) is 17.7. The van der Waals surface area contributed by atoms with Crippen molar-refractivity contribution >= 4 is 23.5 Å². The molecule has 0 saturated carbocycles. The van der Waals surface area contributed by atoms with E-state index >= 15 is 0 Å². The van der Waals surface area contributed by atoms with Gasteiger partial charge in [-0.15, -0.1) is 0 Å². The lowest BCUT2D eigenvalue weighted by Crippen LogP contribution is -2.22. The molecule has 0 N–H and O–H groups in total. The maximum atomic E-state index is 11.7. The van der Waals surface area contributed by atoms with Crippen molar-refractivity contribution in [3.05, 3.63) is 59.7 Å². The lowest BCUT2D eigenvalue weighted by atomic mass is 9.74. The third-order valence-electron chi connectivity index (χ3n) is 4.94. The number of carbonyl (C=O) groups excluding carboxylic acids is 4. The number of ketones is 2. The Labute approximate surface area is 176 Å². The van der Waals surface area contributed by atoms with Crippen molar-refractivity contribution in [2.75, 3.05) is 0 Å². The quantitative estimate of drug-likeness (QED) is 0.350. The molecule has 6 nitrogen and oxygen atoms in total. The highest BCUT2D eigenvalue weighted by atomic mass is 16.5. The summed E-state index contributed by atoms with van der Waals surface area (Å²) in [5, 5.41) is 0. The van der Waals surface area contributed by atoms with E-state index in [-0.39, 0.29) is 29.8 Å². The van der Waals surface area contributed by atoms with Gasteiger partial charge in [-0.1, -0.05) is 38.1 Å². The summed E-state index contributed by atoms with van der Waals surface area (Å²) < 4.78 is 10.4. The number of benzene rings is 2. The molecule has 0 bridgehead atoms. The van der Waals surface area contributed by atoms with Crippen LogP contribution in [0, 0.1) is 0 Å². The molecule has 0 saturated heterocycles. The minimum absolute atomic E-state index is 0.245. The lowest BCUT2D eigenvalue weighted by Gasteiger charge is -2.30. The fourth-order valence-electron chi connectivity index (χ4n) is 3.10. The Bertz CT molecular complexity index is 852. The summed E-state index contributed by atoms with van der Waals surface area (Å²) in [7, 11) is 0. The number of carbonyl (C=O) groups is 4. The Morgan fingerprint density at radius 3 is 1.30 bits per heavy atom. The second kappa shape index (κ2) is 9.96. The Hall–Kier alpha value is -3.28. The predicted octanol–water partition coefficient (Wildman–Crippen LogP) is 4.17. The maximum absolute atomic E-state index is 11.7. The molecule has 0 atom stereocenters. The average Bonchev–Trinajstić information content (AvgIpc) is 2.67. The van der Waals surface area contributed by atoms with Gasteiger partial charge in [-0.3, -0.25) is 19.2 Å². The van der Waals surface area contributed by atoms with Crippen LogP contribution in [0.15, 0.2) is 48.5 Å². The summed E-state index contributed by atoms with van der Waals surface area (Å²) in [5.41, 5.74) is 1.74. The number of hydrogen-bond acceptors (Lipinski definition) is 6. The van der Waals surface area contributed by atoms with Crippen molar-refractivity contribution in [3.63, 3.8) is 0 Å². The molecule has 2 aromatic carbocycles. The summed E-state index contributed by atoms with van der Waals surface area (Å²) in [5.74, 6) is -0.879. The molecule has 158 valence electrons. The van der Waals surface area contributed by atoms with E-state index in [1.165, 1.54) is 13.8 Å². The third-order valence-corrected chi connectivity index (χ3v) is 4.94. The minimum Gasteiger partial charge on any atom is -0.426 e. The van der Waals surface area contributed by atoms with E-state index in [1.807, 2.05) is 24.3 Å². The molecule has 6 heteroatoms. The van der Waals surface area contributed by atoms with Gasteiger partial charge >= 0.3 is 11.9 Å². The van der Waals surface area contributed by atoms with Crippen LogP contribution in [0.5, 0.6) is 11.5 Å². The number of ether oxygens (including phenoxy) is 2. The molecule has 30 heavy (non-hydrogen) atoms. The Balaban J connectivity index is 2.16. The number of Topliss-reactive ketones (excluding diaryl/α,β-unsaturated/α-hetero) is 2. The molecule has 0 aliphatic carbocycles. The Morgan fingerprint density at radius 2 is 1.03 bits per heavy atom. The predicted molar refractivity (Wildman–Crippen MR) is 111 cm³/mol. The molecule has 2 rings (SSSR count). The van der Waals surface area contributed by atoms with Crippen molar-refractivity contribution in [2.45, 2.75) is 52.4 Å². The summed E-state index contributed by atoms with van der Waals surface area (Å²) in [4.78, 5) is 45.3. The van der Waals surface area contributed by atoms with Gasteiger partial charge < -0.3 is 9.47 Å². The van der Waals surface area contributed by atoms with Crippen LogP contribution in [0.25, 0.3) is 0 Å². The molecule has 0 unspecified atom stereocenters. The van der Waals surface area contributed by atoms with E-state index in [0.29, 0.717) is 11.5 Å². The van der Waals surface area contributed by atoms with E-state index in [1.54, 1.807) is 24.3 Å². The van der Waals surface area contributed by atoms with E-state index in [4.69, 9.17) is 9.47 Å². The smallest absolute Gasteiger partial charge is 0.318 e. The second-order valence-electron chi connectivity index (χ2n) is 7.44. The fourth-order valence-corrected chi connectivity index (χ4v) is 3.10. The average molecular weight is 410 g/mol. The fraction of sp³-hybridized carbons (Fsp3) is 0.333. The van der Waals surface area contributed by atoms with Crippen molar-refractivity contribution in [1.82, 2.24) is 0 Å². The molecule has 0 amide bonds. The second-order valence-corrected chi connectivity index (χ2v) is 7.44. The molecule has 0 aromatic heterocycles. The van der Waals surface area contributed by atoms with E-state index in [2.05, 4.69) is 13.8 Å². The topological polar surface area (TPSA) is 86.7 Å². The van der Waals surface area contributed by atoms with Crippen LogP contribution < -0.4 is 9.47 Å². The first-order chi connectivity index (χ1) is 14.1. The Morgan fingerprint density at radius 1 is 0.700 bits per heavy atom. The van der Waals surface area contributed by atoms with Crippen LogP contribution in [0.3, 0.4) is 0 Å². The first-order valence-corrected chi connectivity index (χ1v) is 9.75. The van der Waals surface area contributed by atoms with Gasteiger partial charge in [0, 0.05) is 5.41 Å². The lowest BCUT2D eigenvalue weighted by molar-refractivity contribution is -0.139. The van der Waals surface area contributed by atoms with Crippen LogP contribution >= 0.6 is 0 Å². The minimum atomic E-state index is -0.580. The monoisotopic (exact) mass is 410 g/mol. The number of rotatable bonds is 9. The molecule has 0 aliphatic heterocycles.